The molecule has 0 N–H and O–H groups in total. The van der Waals surface area contributed by atoms with Crippen LogP contribution in [0.25, 0.3) is 11.1 Å². The van der Waals surface area contributed by atoms with Crippen molar-refractivity contribution in [1.82, 2.24) is 14.7 Å². The van der Waals surface area contributed by atoms with Crippen molar-refractivity contribution in [3.63, 3.8) is 0 Å². The summed E-state index contributed by atoms with van der Waals surface area (Å²) in [5.41, 5.74) is 1.60. The molecule has 1 amide bonds. The van der Waals surface area contributed by atoms with Crippen LogP contribution in [-0.2, 0) is 21.2 Å². The molecule has 128 valence electrons. The van der Waals surface area contributed by atoms with Crippen LogP contribution in [0.15, 0.2) is 36.7 Å². The van der Waals surface area contributed by atoms with Gasteiger partial charge in [-0.2, -0.15) is 5.10 Å². The van der Waals surface area contributed by atoms with Crippen LogP contribution in [0.4, 0.5) is 4.39 Å². The highest BCUT2D eigenvalue weighted by atomic mass is 32.2. The van der Waals surface area contributed by atoms with Gasteiger partial charge >= 0.3 is 0 Å². The van der Waals surface area contributed by atoms with Gasteiger partial charge in [-0.05, 0) is 24.1 Å². The van der Waals surface area contributed by atoms with Gasteiger partial charge in [-0.3, -0.25) is 9.48 Å². The summed E-state index contributed by atoms with van der Waals surface area (Å²) in [6, 6.07) is 6.03. The summed E-state index contributed by atoms with van der Waals surface area (Å²) in [5.74, 6) is -0.467. The molecule has 2 heterocycles. The molecule has 1 aliphatic heterocycles. The van der Waals surface area contributed by atoms with Crippen molar-refractivity contribution in [2.24, 2.45) is 0 Å². The number of halogens is 1. The monoisotopic (exact) mass is 351 g/mol. The summed E-state index contributed by atoms with van der Waals surface area (Å²) in [6.45, 7) is 0.740. The minimum atomic E-state index is -3.12. The first kappa shape index (κ1) is 16.6. The zero-order valence-electron chi connectivity index (χ0n) is 13.2. The highest BCUT2D eigenvalue weighted by Gasteiger charge is 2.32. The molecule has 0 bridgehead atoms. The molecule has 3 rings (SSSR count). The molecule has 1 fully saturated rings. The van der Waals surface area contributed by atoms with Crippen molar-refractivity contribution in [2.45, 2.75) is 18.2 Å². The van der Waals surface area contributed by atoms with Crippen molar-refractivity contribution in [1.29, 1.82) is 0 Å². The molecule has 1 aromatic heterocycles. The maximum Gasteiger partial charge on any atom is 0.244 e. The van der Waals surface area contributed by atoms with Gasteiger partial charge in [0.05, 0.1) is 11.4 Å². The molecule has 24 heavy (non-hydrogen) atoms. The predicted octanol–water partition coefficient (Wildman–Crippen LogP) is 1.33. The summed E-state index contributed by atoms with van der Waals surface area (Å²) < 4.78 is 37.6. The first-order valence-electron chi connectivity index (χ1n) is 7.58. The van der Waals surface area contributed by atoms with Crippen LogP contribution in [0, 0.1) is 5.82 Å². The fraction of sp³-hybridized carbons (Fsp3) is 0.375. The van der Waals surface area contributed by atoms with E-state index in [9.17, 15) is 17.6 Å². The van der Waals surface area contributed by atoms with Crippen molar-refractivity contribution in [3.05, 3.63) is 42.5 Å². The van der Waals surface area contributed by atoms with E-state index >= 15 is 0 Å². The number of likely N-dealkylation sites (tertiary alicyclic amines) is 1. The molecular formula is C16H18FN3O3S. The Hall–Kier alpha value is -2.22. The standard InChI is InChI=1S/C16H18FN3O3S/c1-24(22,23)15-6-7-19(10-15)16(21)11-20-9-13(8-18-20)12-2-4-14(17)5-3-12/h2-5,8-9,15H,6-7,10-11H2,1H3. The van der Waals surface area contributed by atoms with Gasteiger partial charge in [-0.1, -0.05) is 12.1 Å². The molecule has 1 atom stereocenters. The van der Waals surface area contributed by atoms with E-state index in [0.717, 1.165) is 11.1 Å². The van der Waals surface area contributed by atoms with E-state index in [2.05, 4.69) is 5.10 Å². The molecule has 2 aromatic rings. The van der Waals surface area contributed by atoms with Crippen LogP contribution in [0.5, 0.6) is 0 Å². The number of hydrogen-bond donors (Lipinski definition) is 0. The van der Waals surface area contributed by atoms with Gasteiger partial charge in [-0.15, -0.1) is 0 Å². The van der Waals surface area contributed by atoms with E-state index in [1.807, 2.05) is 0 Å². The molecule has 1 saturated heterocycles. The predicted molar refractivity (Wildman–Crippen MR) is 87.4 cm³/mol. The number of amides is 1. The van der Waals surface area contributed by atoms with Crippen molar-refractivity contribution in [2.75, 3.05) is 19.3 Å². The number of rotatable bonds is 4. The Labute approximate surface area is 139 Å². The average Bonchev–Trinajstić information content (AvgIpc) is 3.16. The fourth-order valence-corrected chi connectivity index (χ4v) is 3.77. The molecule has 0 saturated carbocycles. The van der Waals surface area contributed by atoms with Gasteiger partial charge in [0.25, 0.3) is 0 Å². The second-order valence-corrected chi connectivity index (χ2v) is 8.34. The summed E-state index contributed by atoms with van der Waals surface area (Å²) in [7, 11) is -3.12. The summed E-state index contributed by atoms with van der Waals surface area (Å²) in [5, 5.41) is 3.67. The summed E-state index contributed by atoms with van der Waals surface area (Å²) in [6.07, 6.45) is 5.01. The Morgan fingerprint density at radius 2 is 2.00 bits per heavy atom. The lowest BCUT2D eigenvalue weighted by Gasteiger charge is -2.16. The Balaban J connectivity index is 1.65. The molecular weight excluding hydrogens is 333 g/mol. The van der Waals surface area contributed by atoms with Crippen molar-refractivity contribution >= 4 is 15.7 Å². The van der Waals surface area contributed by atoms with Gasteiger partial charge in [0.1, 0.15) is 12.4 Å². The quantitative estimate of drug-likeness (QED) is 0.833. The Morgan fingerprint density at radius 3 is 2.62 bits per heavy atom. The minimum absolute atomic E-state index is 0.0533. The number of sulfone groups is 1. The van der Waals surface area contributed by atoms with Crippen LogP contribution in [0.1, 0.15) is 6.42 Å². The van der Waals surface area contributed by atoms with E-state index in [1.165, 1.54) is 23.1 Å². The maximum absolute atomic E-state index is 13.0. The molecule has 0 spiro atoms. The number of benzene rings is 1. The molecule has 1 aliphatic rings. The van der Waals surface area contributed by atoms with Crippen molar-refractivity contribution in [3.8, 4) is 11.1 Å². The third kappa shape index (κ3) is 3.64. The smallest absolute Gasteiger partial charge is 0.244 e. The largest absolute Gasteiger partial charge is 0.340 e. The highest BCUT2D eigenvalue weighted by Crippen LogP contribution is 2.20. The van der Waals surface area contributed by atoms with Gasteiger partial charge in [0.2, 0.25) is 5.91 Å². The molecule has 1 unspecified atom stereocenters. The normalized spacial score (nSPS) is 18.1. The maximum atomic E-state index is 13.0. The van der Waals surface area contributed by atoms with Gasteiger partial charge in [0.15, 0.2) is 9.84 Å². The lowest BCUT2D eigenvalue weighted by molar-refractivity contribution is -0.130. The number of carbonyl (C=O) groups excluding carboxylic acids is 1. The molecule has 0 aliphatic carbocycles. The summed E-state index contributed by atoms with van der Waals surface area (Å²) >= 11 is 0. The van der Waals surface area contributed by atoms with Crippen LogP contribution < -0.4 is 0 Å². The third-order valence-corrected chi connectivity index (χ3v) is 5.81. The van der Waals surface area contributed by atoms with Crippen LogP contribution in [0.2, 0.25) is 0 Å². The number of nitrogens with zero attached hydrogens (tertiary/aromatic N) is 3. The highest BCUT2D eigenvalue weighted by molar-refractivity contribution is 7.91. The van der Waals surface area contributed by atoms with Gasteiger partial charge in [-0.25, -0.2) is 12.8 Å². The Kier molecular flexibility index (Phi) is 4.40. The Bertz CT molecular complexity index is 846. The first-order chi connectivity index (χ1) is 11.3. The van der Waals surface area contributed by atoms with Crippen LogP contribution in [-0.4, -0.2) is 53.6 Å². The second kappa shape index (κ2) is 6.35. The van der Waals surface area contributed by atoms with Crippen molar-refractivity contribution < 1.29 is 17.6 Å². The number of carbonyl (C=O) groups is 1. The van der Waals surface area contributed by atoms with E-state index in [-0.39, 0.29) is 24.8 Å². The molecule has 1 aromatic carbocycles. The molecule has 6 nitrogen and oxygen atoms in total. The lowest BCUT2D eigenvalue weighted by atomic mass is 10.1. The number of hydrogen-bond acceptors (Lipinski definition) is 4. The third-order valence-electron chi connectivity index (χ3n) is 4.21. The minimum Gasteiger partial charge on any atom is -0.340 e. The van der Waals surface area contributed by atoms with Gasteiger partial charge in [0, 0.05) is 31.1 Å². The van der Waals surface area contributed by atoms with E-state index < -0.39 is 15.1 Å². The first-order valence-corrected chi connectivity index (χ1v) is 9.53. The Morgan fingerprint density at radius 1 is 1.29 bits per heavy atom. The molecule has 0 radical (unpaired) electrons. The zero-order chi connectivity index (χ0) is 17.3. The van der Waals surface area contributed by atoms with Gasteiger partial charge < -0.3 is 4.90 Å². The zero-order valence-corrected chi connectivity index (χ0v) is 14.0. The number of aromatic nitrogens is 2. The fourth-order valence-electron chi connectivity index (χ4n) is 2.78. The average molecular weight is 351 g/mol. The SMILES string of the molecule is CS(=O)(=O)C1CCN(C(=O)Cn2cc(-c3ccc(F)cc3)cn2)C1. The topological polar surface area (TPSA) is 72.3 Å². The van der Waals surface area contributed by atoms with Crippen LogP contribution >= 0.6 is 0 Å². The lowest BCUT2D eigenvalue weighted by Crippen LogP contribution is -2.34. The second-order valence-electron chi connectivity index (χ2n) is 6.01. The summed E-state index contributed by atoms with van der Waals surface area (Å²) in [4.78, 5) is 13.9. The van der Waals surface area contributed by atoms with E-state index in [4.69, 9.17) is 0 Å². The molecule has 8 heteroatoms. The van der Waals surface area contributed by atoms with E-state index in [0.29, 0.717) is 13.0 Å². The van der Waals surface area contributed by atoms with E-state index in [1.54, 1.807) is 29.4 Å². The van der Waals surface area contributed by atoms with Crippen LogP contribution in [0.3, 0.4) is 0 Å².